The van der Waals surface area contributed by atoms with Crippen molar-refractivity contribution in [2.45, 2.75) is 26.7 Å². The Morgan fingerprint density at radius 2 is 1.96 bits per heavy atom. The van der Waals surface area contributed by atoms with E-state index in [1.807, 2.05) is 13.0 Å². The monoisotopic (exact) mass is 352 g/mol. The number of unbranched alkanes of at least 4 members (excludes halogenated alkanes) is 1. The Morgan fingerprint density at radius 1 is 1.23 bits per heavy atom. The molecule has 0 bridgehead atoms. The summed E-state index contributed by atoms with van der Waals surface area (Å²) in [5.74, 6) is 0.164. The van der Waals surface area contributed by atoms with Crippen LogP contribution in [0.25, 0.3) is 6.08 Å². The van der Waals surface area contributed by atoms with Crippen LogP contribution in [0.2, 0.25) is 0 Å². The minimum atomic E-state index is -0.556. The first-order valence-corrected chi connectivity index (χ1v) is 8.30. The summed E-state index contributed by atoms with van der Waals surface area (Å²) in [6.45, 7) is 4.18. The lowest BCUT2D eigenvalue weighted by Crippen LogP contribution is -2.13. The first-order chi connectivity index (χ1) is 12.5. The first-order valence-electron chi connectivity index (χ1n) is 8.30. The quantitative estimate of drug-likeness (QED) is 0.351. The van der Waals surface area contributed by atoms with Gasteiger partial charge < -0.3 is 14.5 Å². The molecule has 1 amide bonds. The van der Waals surface area contributed by atoms with Crippen LogP contribution in [-0.4, -0.2) is 18.5 Å². The Morgan fingerprint density at radius 3 is 2.54 bits per heavy atom. The normalized spacial score (nSPS) is 10.9. The molecular weight excluding hydrogens is 332 g/mol. The minimum absolute atomic E-state index is 0.0811. The molecule has 1 heterocycles. The Bertz CT molecular complexity index is 841. The van der Waals surface area contributed by atoms with Gasteiger partial charge in [-0.1, -0.05) is 13.3 Å². The molecule has 1 N–H and O–H groups in total. The Balaban J connectivity index is 2.01. The number of hydrogen-bond donors (Lipinski definition) is 1. The van der Waals surface area contributed by atoms with Crippen LogP contribution in [0.15, 0.2) is 46.4 Å². The molecule has 0 aliphatic heterocycles. The van der Waals surface area contributed by atoms with Gasteiger partial charge in [0.15, 0.2) is 0 Å². The number of rotatable bonds is 7. The lowest BCUT2D eigenvalue weighted by molar-refractivity contribution is -0.112. The maximum atomic E-state index is 12.2. The van der Waals surface area contributed by atoms with Gasteiger partial charge in [-0.2, -0.15) is 5.26 Å². The highest BCUT2D eigenvalue weighted by molar-refractivity contribution is 6.09. The highest BCUT2D eigenvalue weighted by atomic mass is 16.5. The number of carbonyl (C=O) groups excluding carboxylic acids is 2. The van der Waals surface area contributed by atoms with Crippen molar-refractivity contribution in [3.8, 4) is 6.07 Å². The van der Waals surface area contributed by atoms with Crippen molar-refractivity contribution in [1.29, 1.82) is 5.26 Å². The fourth-order valence-corrected chi connectivity index (χ4v) is 2.10. The maximum Gasteiger partial charge on any atom is 0.338 e. The predicted octanol–water partition coefficient (Wildman–Crippen LogP) is 4.09. The number of furan rings is 1. The molecule has 0 spiro atoms. The number of esters is 1. The third kappa shape index (κ3) is 5.35. The molecule has 0 unspecified atom stereocenters. The summed E-state index contributed by atoms with van der Waals surface area (Å²) in [5.41, 5.74) is 0.792. The van der Waals surface area contributed by atoms with Crippen LogP contribution in [-0.2, 0) is 9.53 Å². The summed E-state index contributed by atoms with van der Waals surface area (Å²) >= 11 is 0. The molecule has 26 heavy (non-hydrogen) atoms. The van der Waals surface area contributed by atoms with Gasteiger partial charge in [-0.05, 0) is 49.7 Å². The van der Waals surface area contributed by atoms with Gasteiger partial charge in [0, 0.05) is 11.8 Å². The van der Waals surface area contributed by atoms with E-state index >= 15 is 0 Å². The number of nitrogens with one attached hydrogen (secondary N) is 1. The molecule has 2 aromatic rings. The number of anilines is 1. The zero-order valence-electron chi connectivity index (χ0n) is 14.7. The SMILES string of the molecule is CCCCOC(=O)c1ccc(NC(=O)/C(C#N)=C/c2ccc(C)o2)cc1. The van der Waals surface area contributed by atoms with Crippen LogP contribution in [0, 0.1) is 18.3 Å². The third-order valence-corrected chi connectivity index (χ3v) is 3.52. The van der Waals surface area contributed by atoms with Gasteiger partial charge in [0.2, 0.25) is 0 Å². The maximum absolute atomic E-state index is 12.2. The van der Waals surface area contributed by atoms with E-state index in [2.05, 4.69) is 5.32 Å². The zero-order chi connectivity index (χ0) is 18.9. The first kappa shape index (κ1) is 19.0. The fraction of sp³-hybridized carbons (Fsp3) is 0.250. The number of amides is 1. The molecule has 0 radical (unpaired) electrons. The summed E-state index contributed by atoms with van der Waals surface area (Å²) in [5, 5.41) is 11.8. The largest absolute Gasteiger partial charge is 0.462 e. The van der Waals surface area contributed by atoms with Crippen molar-refractivity contribution < 1.29 is 18.7 Å². The van der Waals surface area contributed by atoms with Gasteiger partial charge in [0.05, 0.1) is 12.2 Å². The highest BCUT2D eigenvalue weighted by Gasteiger charge is 2.12. The molecule has 0 atom stereocenters. The molecule has 1 aromatic heterocycles. The molecule has 0 saturated heterocycles. The van der Waals surface area contributed by atoms with Crippen molar-refractivity contribution in [2.75, 3.05) is 11.9 Å². The summed E-state index contributed by atoms with van der Waals surface area (Å²) in [7, 11) is 0. The second-order valence-electron chi connectivity index (χ2n) is 5.64. The number of ether oxygens (including phenoxy) is 1. The van der Waals surface area contributed by atoms with Gasteiger partial charge in [-0.25, -0.2) is 4.79 Å². The molecular formula is C20H20N2O4. The van der Waals surface area contributed by atoms with E-state index in [9.17, 15) is 14.9 Å². The second kappa shape index (κ2) is 9.23. The Labute approximate surface area is 152 Å². The van der Waals surface area contributed by atoms with E-state index in [-0.39, 0.29) is 5.57 Å². The van der Waals surface area contributed by atoms with Gasteiger partial charge in [-0.15, -0.1) is 0 Å². The summed E-state index contributed by atoms with van der Waals surface area (Å²) < 4.78 is 10.5. The molecule has 2 rings (SSSR count). The van der Waals surface area contributed by atoms with E-state index in [1.165, 1.54) is 6.08 Å². The van der Waals surface area contributed by atoms with Gasteiger partial charge in [0.1, 0.15) is 23.2 Å². The number of benzene rings is 1. The van der Waals surface area contributed by atoms with E-state index in [4.69, 9.17) is 9.15 Å². The smallest absolute Gasteiger partial charge is 0.338 e. The molecule has 134 valence electrons. The molecule has 6 nitrogen and oxygen atoms in total. The highest BCUT2D eigenvalue weighted by Crippen LogP contribution is 2.15. The van der Waals surface area contributed by atoms with Crippen molar-refractivity contribution in [3.63, 3.8) is 0 Å². The minimum Gasteiger partial charge on any atom is -0.462 e. The van der Waals surface area contributed by atoms with Crippen LogP contribution in [0.1, 0.15) is 41.6 Å². The number of hydrogen-bond acceptors (Lipinski definition) is 5. The lowest BCUT2D eigenvalue weighted by atomic mass is 10.2. The van der Waals surface area contributed by atoms with E-state index in [0.717, 1.165) is 12.8 Å². The third-order valence-electron chi connectivity index (χ3n) is 3.52. The lowest BCUT2D eigenvalue weighted by Gasteiger charge is -2.06. The van der Waals surface area contributed by atoms with Gasteiger partial charge in [0.25, 0.3) is 5.91 Å². The zero-order valence-corrected chi connectivity index (χ0v) is 14.7. The van der Waals surface area contributed by atoms with E-state index in [1.54, 1.807) is 43.3 Å². The van der Waals surface area contributed by atoms with Crippen LogP contribution in [0.4, 0.5) is 5.69 Å². The van der Waals surface area contributed by atoms with Crippen LogP contribution in [0.3, 0.4) is 0 Å². The molecule has 6 heteroatoms. The number of aryl methyl sites for hydroxylation is 1. The number of carbonyl (C=O) groups is 2. The van der Waals surface area contributed by atoms with Crippen molar-refractivity contribution in [2.24, 2.45) is 0 Å². The number of nitrogens with zero attached hydrogens (tertiary/aromatic N) is 1. The van der Waals surface area contributed by atoms with Gasteiger partial charge in [-0.3, -0.25) is 4.79 Å². The van der Waals surface area contributed by atoms with E-state index < -0.39 is 11.9 Å². The van der Waals surface area contributed by atoms with Gasteiger partial charge >= 0.3 is 5.97 Å². The molecule has 0 fully saturated rings. The van der Waals surface area contributed by atoms with Crippen molar-refractivity contribution in [1.82, 2.24) is 0 Å². The second-order valence-corrected chi connectivity index (χ2v) is 5.64. The Hall–Kier alpha value is -3.33. The Kier molecular flexibility index (Phi) is 6.75. The average molecular weight is 352 g/mol. The summed E-state index contributed by atoms with van der Waals surface area (Å²) in [6.07, 6.45) is 3.14. The topological polar surface area (TPSA) is 92.3 Å². The van der Waals surface area contributed by atoms with E-state index in [0.29, 0.717) is 29.4 Å². The number of nitriles is 1. The molecule has 1 aromatic carbocycles. The molecule has 0 aliphatic carbocycles. The van der Waals surface area contributed by atoms with Crippen molar-refractivity contribution in [3.05, 3.63) is 59.1 Å². The van der Waals surface area contributed by atoms with Crippen molar-refractivity contribution >= 4 is 23.6 Å². The predicted molar refractivity (Wildman–Crippen MR) is 97.3 cm³/mol. The molecule has 0 saturated carbocycles. The standard InChI is InChI=1S/C20H20N2O4/c1-3-4-11-25-20(24)15-6-8-17(9-7-15)22-19(23)16(13-21)12-18-10-5-14(2)26-18/h5-10,12H,3-4,11H2,1-2H3,(H,22,23)/b16-12+. The molecule has 0 aliphatic rings. The summed E-state index contributed by atoms with van der Waals surface area (Å²) in [6, 6.07) is 11.6. The average Bonchev–Trinajstić information content (AvgIpc) is 3.05. The van der Waals surface area contributed by atoms with Crippen LogP contribution >= 0.6 is 0 Å². The van der Waals surface area contributed by atoms with Crippen LogP contribution < -0.4 is 5.32 Å². The van der Waals surface area contributed by atoms with Crippen LogP contribution in [0.5, 0.6) is 0 Å². The summed E-state index contributed by atoms with van der Waals surface area (Å²) in [4.78, 5) is 24.1. The fourth-order valence-electron chi connectivity index (χ4n) is 2.10.